The molecule has 1 aliphatic heterocycles. The van der Waals surface area contributed by atoms with Crippen molar-refractivity contribution in [3.63, 3.8) is 0 Å². The van der Waals surface area contributed by atoms with Crippen LogP contribution in [-0.4, -0.2) is 38.7 Å². The summed E-state index contributed by atoms with van der Waals surface area (Å²) in [4.78, 5) is 24.1. The molecule has 1 fully saturated rings. The van der Waals surface area contributed by atoms with E-state index in [9.17, 15) is 9.59 Å². The van der Waals surface area contributed by atoms with E-state index in [4.69, 9.17) is 14.2 Å². The van der Waals surface area contributed by atoms with Crippen molar-refractivity contribution < 1.29 is 23.8 Å². The van der Waals surface area contributed by atoms with Crippen molar-refractivity contribution in [2.75, 3.05) is 26.1 Å². The van der Waals surface area contributed by atoms with E-state index < -0.39 is 0 Å². The zero-order chi connectivity index (χ0) is 20.8. The van der Waals surface area contributed by atoms with Crippen LogP contribution in [0, 0.1) is 0 Å². The molecule has 1 heterocycles. The fourth-order valence-electron chi connectivity index (χ4n) is 3.45. The summed E-state index contributed by atoms with van der Waals surface area (Å²) < 4.78 is 16.4. The average molecular weight is 398 g/mol. The van der Waals surface area contributed by atoms with Crippen molar-refractivity contribution in [3.8, 4) is 11.5 Å². The lowest BCUT2D eigenvalue weighted by molar-refractivity contribution is -0.120. The third-order valence-corrected chi connectivity index (χ3v) is 4.86. The van der Waals surface area contributed by atoms with Crippen LogP contribution in [0.5, 0.6) is 11.5 Å². The largest absolute Gasteiger partial charge is 0.497 e. The molecule has 29 heavy (non-hydrogen) atoms. The van der Waals surface area contributed by atoms with Gasteiger partial charge in [-0.1, -0.05) is 12.1 Å². The summed E-state index contributed by atoms with van der Waals surface area (Å²) in [6, 6.07) is 12.7. The van der Waals surface area contributed by atoms with E-state index in [0.29, 0.717) is 35.8 Å². The van der Waals surface area contributed by atoms with E-state index >= 15 is 0 Å². The molecule has 1 aliphatic rings. The Kier molecular flexibility index (Phi) is 6.72. The highest BCUT2D eigenvalue weighted by atomic mass is 16.5. The Morgan fingerprint density at radius 3 is 2.66 bits per heavy atom. The number of nitrogens with one attached hydrogen (secondary N) is 2. The van der Waals surface area contributed by atoms with Crippen LogP contribution < -0.4 is 20.1 Å². The van der Waals surface area contributed by atoms with Crippen LogP contribution in [0.2, 0.25) is 0 Å². The monoisotopic (exact) mass is 398 g/mol. The molecular formula is C22H26N2O5. The van der Waals surface area contributed by atoms with Gasteiger partial charge in [-0.2, -0.15) is 0 Å². The van der Waals surface area contributed by atoms with E-state index in [1.54, 1.807) is 25.3 Å². The summed E-state index contributed by atoms with van der Waals surface area (Å²) in [5.41, 5.74) is 2.00. The maximum absolute atomic E-state index is 12.8. The van der Waals surface area contributed by atoms with Crippen molar-refractivity contribution in [2.45, 2.75) is 31.9 Å². The minimum Gasteiger partial charge on any atom is -0.497 e. The van der Waals surface area contributed by atoms with Crippen molar-refractivity contribution in [3.05, 3.63) is 53.6 Å². The predicted molar refractivity (Wildman–Crippen MR) is 109 cm³/mol. The molecule has 0 spiro atoms. The van der Waals surface area contributed by atoms with Gasteiger partial charge in [0.25, 0.3) is 5.91 Å². The zero-order valence-corrected chi connectivity index (χ0v) is 16.9. The second kappa shape index (κ2) is 9.43. The minimum absolute atomic E-state index is 0.0381. The lowest BCUT2D eigenvalue weighted by Gasteiger charge is -2.30. The highest BCUT2D eigenvalue weighted by molar-refractivity contribution is 6.06. The zero-order valence-electron chi connectivity index (χ0n) is 16.9. The van der Waals surface area contributed by atoms with Gasteiger partial charge >= 0.3 is 0 Å². The lowest BCUT2D eigenvalue weighted by atomic mass is 9.97. The van der Waals surface area contributed by atoms with Crippen LogP contribution in [0.4, 0.5) is 5.69 Å². The SMILES string of the molecule is COc1ccc(OC)c(C(=O)Nc2cccc([C@H]3C[C@@H](NC(C)=O)CCO3)c2)c1. The molecule has 0 saturated carbocycles. The molecule has 7 heteroatoms. The Labute approximate surface area is 170 Å². The van der Waals surface area contributed by atoms with Crippen LogP contribution in [0.1, 0.15) is 41.8 Å². The number of hydrogen-bond acceptors (Lipinski definition) is 5. The maximum atomic E-state index is 12.8. The van der Waals surface area contributed by atoms with Crippen LogP contribution in [0.3, 0.4) is 0 Å². The second-order valence-corrected chi connectivity index (χ2v) is 6.93. The smallest absolute Gasteiger partial charge is 0.259 e. The van der Waals surface area contributed by atoms with Gasteiger partial charge in [-0.05, 0) is 48.7 Å². The Bertz CT molecular complexity index is 883. The van der Waals surface area contributed by atoms with Crippen LogP contribution in [0.25, 0.3) is 0 Å². The number of rotatable bonds is 6. The average Bonchev–Trinajstić information content (AvgIpc) is 2.73. The van der Waals surface area contributed by atoms with Crippen molar-refractivity contribution >= 4 is 17.5 Å². The molecule has 2 N–H and O–H groups in total. The van der Waals surface area contributed by atoms with Gasteiger partial charge in [0, 0.05) is 25.3 Å². The summed E-state index contributed by atoms with van der Waals surface area (Å²) in [5.74, 6) is 0.708. The molecule has 2 aromatic rings. The Morgan fingerprint density at radius 2 is 1.93 bits per heavy atom. The molecule has 0 aromatic heterocycles. The molecule has 154 valence electrons. The fourth-order valence-corrected chi connectivity index (χ4v) is 3.45. The molecule has 0 bridgehead atoms. The summed E-state index contributed by atoms with van der Waals surface area (Å²) in [5, 5.41) is 5.87. The molecule has 0 unspecified atom stereocenters. The van der Waals surface area contributed by atoms with Gasteiger partial charge in [0.15, 0.2) is 0 Å². The summed E-state index contributed by atoms with van der Waals surface area (Å²) in [6.07, 6.45) is 1.35. The molecule has 7 nitrogen and oxygen atoms in total. The summed E-state index contributed by atoms with van der Waals surface area (Å²) in [6.45, 7) is 2.10. The predicted octanol–water partition coefficient (Wildman–Crippen LogP) is 3.31. The van der Waals surface area contributed by atoms with Gasteiger partial charge < -0.3 is 24.8 Å². The number of hydrogen-bond donors (Lipinski definition) is 2. The topological polar surface area (TPSA) is 85.9 Å². The normalized spacial score (nSPS) is 18.6. The number of ether oxygens (including phenoxy) is 3. The fraction of sp³-hybridized carbons (Fsp3) is 0.364. The van der Waals surface area contributed by atoms with Crippen molar-refractivity contribution in [1.82, 2.24) is 5.32 Å². The number of carbonyl (C=O) groups is 2. The minimum atomic E-state index is -0.293. The van der Waals surface area contributed by atoms with Gasteiger partial charge in [0.2, 0.25) is 5.91 Å². The van der Waals surface area contributed by atoms with Crippen molar-refractivity contribution in [2.24, 2.45) is 0 Å². The molecule has 2 atom stereocenters. The Hall–Kier alpha value is -3.06. The van der Waals surface area contributed by atoms with Gasteiger partial charge in [0.1, 0.15) is 11.5 Å². The van der Waals surface area contributed by atoms with Gasteiger partial charge in [-0.3, -0.25) is 9.59 Å². The van der Waals surface area contributed by atoms with Crippen LogP contribution >= 0.6 is 0 Å². The van der Waals surface area contributed by atoms with E-state index in [0.717, 1.165) is 12.0 Å². The molecule has 1 saturated heterocycles. The maximum Gasteiger partial charge on any atom is 0.259 e. The van der Waals surface area contributed by atoms with Crippen LogP contribution in [0.15, 0.2) is 42.5 Å². The molecule has 2 amide bonds. The molecule has 2 aromatic carbocycles. The number of anilines is 1. The standard InChI is InChI=1S/C22H26N2O5/c1-14(25)23-17-9-10-29-21(12-17)15-5-4-6-16(11-15)24-22(26)19-13-18(27-2)7-8-20(19)28-3/h4-8,11,13,17,21H,9-10,12H2,1-3H3,(H,23,25)(H,24,26)/t17-,21+/m0/s1. The first-order valence-electron chi connectivity index (χ1n) is 9.52. The highest BCUT2D eigenvalue weighted by Crippen LogP contribution is 2.30. The number of methoxy groups -OCH3 is 2. The Balaban J connectivity index is 1.75. The van der Waals surface area contributed by atoms with Crippen LogP contribution in [-0.2, 0) is 9.53 Å². The third kappa shape index (κ3) is 5.26. The van der Waals surface area contributed by atoms with E-state index in [2.05, 4.69) is 10.6 Å². The van der Waals surface area contributed by atoms with E-state index in [1.807, 2.05) is 24.3 Å². The second-order valence-electron chi connectivity index (χ2n) is 6.93. The summed E-state index contributed by atoms with van der Waals surface area (Å²) >= 11 is 0. The van der Waals surface area contributed by atoms with Crippen molar-refractivity contribution in [1.29, 1.82) is 0 Å². The van der Waals surface area contributed by atoms with E-state index in [1.165, 1.54) is 14.0 Å². The first kappa shape index (κ1) is 20.7. The van der Waals surface area contributed by atoms with Gasteiger partial charge in [-0.25, -0.2) is 0 Å². The number of amides is 2. The first-order valence-corrected chi connectivity index (χ1v) is 9.52. The summed E-state index contributed by atoms with van der Waals surface area (Å²) in [7, 11) is 3.07. The lowest BCUT2D eigenvalue weighted by Crippen LogP contribution is -2.38. The third-order valence-electron chi connectivity index (χ3n) is 4.86. The van der Waals surface area contributed by atoms with Gasteiger partial charge in [0.05, 0.1) is 25.9 Å². The first-order chi connectivity index (χ1) is 14.0. The Morgan fingerprint density at radius 1 is 1.10 bits per heavy atom. The molecule has 0 radical (unpaired) electrons. The number of carbonyl (C=O) groups excluding carboxylic acids is 2. The van der Waals surface area contributed by atoms with E-state index in [-0.39, 0.29) is 24.0 Å². The van der Waals surface area contributed by atoms with Gasteiger partial charge in [-0.15, -0.1) is 0 Å². The molecular weight excluding hydrogens is 372 g/mol. The molecule has 0 aliphatic carbocycles. The highest BCUT2D eigenvalue weighted by Gasteiger charge is 2.25. The molecule has 3 rings (SSSR count). The quantitative estimate of drug-likeness (QED) is 0.780. The number of benzene rings is 2.